The second kappa shape index (κ2) is 3.75. The Labute approximate surface area is 64.9 Å². The fourth-order valence-corrected chi connectivity index (χ4v) is 0.609. The van der Waals surface area contributed by atoms with Gasteiger partial charge in [-0.1, -0.05) is 0 Å². The van der Waals surface area contributed by atoms with Crippen LogP contribution in [0.2, 0.25) is 0 Å². The van der Waals surface area contributed by atoms with Crippen molar-refractivity contribution in [3.8, 4) is 0 Å². The third kappa shape index (κ3) is 3.40. The van der Waals surface area contributed by atoms with Crippen molar-refractivity contribution in [3.05, 3.63) is 11.5 Å². The lowest BCUT2D eigenvalue weighted by Crippen LogP contribution is -2.24. The molecule has 0 radical (unpaired) electrons. The minimum atomic E-state index is -0.372. The first-order valence-electron chi connectivity index (χ1n) is 3.13. The largest absolute Gasteiger partial charge is 0.510 e. The molecular formula is C7H11NO3. The van der Waals surface area contributed by atoms with Crippen LogP contribution in [0.5, 0.6) is 0 Å². The Kier molecular flexibility index (Phi) is 3.30. The zero-order valence-electron chi connectivity index (χ0n) is 6.76. The van der Waals surface area contributed by atoms with Gasteiger partial charge in [0.1, 0.15) is 11.5 Å². The number of Topliss-reactive ketones (excluding diaryl/α,β-unsaturated/α-hetero) is 1. The quantitative estimate of drug-likeness (QED) is 0.453. The Morgan fingerprint density at radius 2 is 1.64 bits per heavy atom. The highest BCUT2D eigenvalue weighted by molar-refractivity contribution is 5.97. The van der Waals surface area contributed by atoms with Gasteiger partial charge in [-0.25, -0.2) is 0 Å². The summed E-state index contributed by atoms with van der Waals surface area (Å²) in [6, 6.07) is 0. The molecule has 0 saturated heterocycles. The number of carbonyl (C=O) groups excluding carboxylic acids is 2. The number of aliphatic hydroxyl groups excluding tert-OH is 1. The second-order valence-electron chi connectivity index (χ2n) is 2.20. The summed E-state index contributed by atoms with van der Waals surface area (Å²) in [5.41, 5.74) is -0.0440. The van der Waals surface area contributed by atoms with Crippen LogP contribution in [-0.2, 0) is 9.59 Å². The van der Waals surface area contributed by atoms with Gasteiger partial charge in [-0.3, -0.25) is 9.59 Å². The van der Waals surface area contributed by atoms with Crippen molar-refractivity contribution in [1.29, 1.82) is 0 Å². The fraction of sp³-hybridized carbons (Fsp3) is 0.429. The molecule has 0 spiro atoms. The van der Waals surface area contributed by atoms with E-state index >= 15 is 0 Å². The molecule has 0 aromatic heterocycles. The molecule has 0 heterocycles. The highest BCUT2D eigenvalue weighted by atomic mass is 16.3. The van der Waals surface area contributed by atoms with E-state index in [9.17, 15) is 9.59 Å². The summed E-state index contributed by atoms with van der Waals surface area (Å²) < 4.78 is 0. The van der Waals surface area contributed by atoms with Gasteiger partial charge in [0.05, 0.1) is 0 Å². The van der Waals surface area contributed by atoms with Crippen molar-refractivity contribution in [1.82, 2.24) is 5.32 Å². The molecule has 0 aliphatic carbocycles. The molecular weight excluding hydrogens is 146 g/mol. The Morgan fingerprint density at radius 1 is 1.18 bits per heavy atom. The first-order valence-corrected chi connectivity index (χ1v) is 3.13. The number of nitrogens with one attached hydrogen (secondary N) is 1. The monoisotopic (exact) mass is 157 g/mol. The molecule has 2 N–H and O–H groups in total. The number of amides is 1. The van der Waals surface area contributed by atoms with Crippen LogP contribution >= 0.6 is 0 Å². The lowest BCUT2D eigenvalue weighted by molar-refractivity contribution is -0.121. The van der Waals surface area contributed by atoms with Crippen LogP contribution in [0, 0.1) is 0 Å². The van der Waals surface area contributed by atoms with Crippen molar-refractivity contribution >= 4 is 11.7 Å². The molecule has 0 fully saturated rings. The molecule has 0 bridgehead atoms. The smallest absolute Gasteiger partial charge is 0.221 e. The SMILES string of the molecule is CC(=O)N/C(C(C)=O)=C(\C)O. The van der Waals surface area contributed by atoms with E-state index in [1.54, 1.807) is 0 Å². The minimum absolute atomic E-state index is 0.0440. The van der Waals surface area contributed by atoms with Crippen LogP contribution in [0.1, 0.15) is 20.8 Å². The molecule has 0 aromatic rings. The lowest BCUT2D eigenvalue weighted by atomic mass is 10.3. The number of ketones is 1. The summed E-state index contributed by atoms with van der Waals surface area (Å²) >= 11 is 0. The van der Waals surface area contributed by atoms with Gasteiger partial charge in [-0.2, -0.15) is 0 Å². The average molecular weight is 157 g/mol. The molecule has 0 atom stereocenters. The van der Waals surface area contributed by atoms with Gasteiger partial charge in [0.25, 0.3) is 0 Å². The predicted octanol–water partition coefficient (Wildman–Crippen LogP) is 0.501. The van der Waals surface area contributed by atoms with Crippen molar-refractivity contribution in [2.24, 2.45) is 0 Å². The third-order valence-corrected chi connectivity index (χ3v) is 1.01. The number of rotatable bonds is 2. The first kappa shape index (κ1) is 9.68. The number of hydrogen-bond acceptors (Lipinski definition) is 3. The van der Waals surface area contributed by atoms with Crippen LogP contribution in [0.25, 0.3) is 0 Å². The van der Waals surface area contributed by atoms with E-state index in [4.69, 9.17) is 5.11 Å². The van der Waals surface area contributed by atoms with Crippen LogP contribution < -0.4 is 5.32 Å². The Morgan fingerprint density at radius 3 is 1.73 bits per heavy atom. The maximum absolute atomic E-state index is 10.7. The molecule has 4 nitrogen and oxygen atoms in total. The van der Waals surface area contributed by atoms with E-state index in [0.717, 1.165) is 0 Å². The first-order chi connectivity index (χ1) is 4.95. The minimum Gasteiger partial charge on any atom is -0.510 e. The topological polar surface area (TPSA) is 66.4 Å². The molecule has 0 aliphatic heterocycles. The van der Waals surface area contributed by atoms with Gasteiger partial charge in [0.2, 0.25) is 5.91 Å². The van der Waals surface area contributed by atoms with E-state index in [2.05, 4.69) is 5.32 Å². The van der Waals surface area contributed by atoms with Crippen molar-refractivity contribution < 1.29 is 14.7 Å². The fourth-order valence-electron chi connectivity index (χ4n) is 0.609. The van der Waals surface area contributed by atoms with Crippen molar-refractivity contribution in [2.45, 2.75) is 20.8 Å². The summed E-state index contributed by atoms with van der Waals surface area (Å²) in [6.45, 7) is 3.88. The summed E-state index contributed by atoms with van der Waals surface area (Å²) in [6.07, 6.45) is 0. The van der Waals surface area contributed by atoms with Gasteiger partial charge in [0, 0.05) is 13.8 Å². The molecule has 1 amide bonds. The maximum atomic E-state index is 10.7. The van der Waals surface area contributed by atoms with Crippen LogP contribution in [-0.4, -0.2) is 16.8 Å². The molecule has 0 aromatic carbocycles. The Bertz CT molecular complexity index is 214. The maximum Gasteiger partial charge on any atom is 0.221 e. The molecule has 0 aliphatic rings. The molecule has 62 valence electrons. The molecule has 11 heavy (non-hydrogen) atoms. The van der Waals surface area contributed by atoms with Gasteiger partial charge in [-0.15, -0.1) is 0 Å². The number of carbonyl (C=O) groups is 2. The van der Waals surface area contributed by atoms with E-state index in [1.807, 2.05) is 0 Å². The zero-order chi connectivity index (χ0) is 9.02. The molecule has 0 rings (SSSR count). The van der Waals surface area contributed by atoms with E-state index in [1.165, 1.54) is 20.8 Å². The van der Waals surface area contributed by atoms with Crippen molar-refractivity contribution in [3.63, 3.8) is 0 Å². The standard InChI is InChI=1S/C7H11NO3/c1-4(9)7(5(2)10)8-6(3)11/h9H,1-3H3,(H,8,11)/b7-4+. The van der Waals surface area contributed by atoms with E-state index < -0.39 is 0 Å². The van der Waals surface area contributed by atoms with Gasteiger partial charge < -0.3 is 10.4 Å². The average Bonchev–Trinajstić information content (AvgIpc) is 1.81. The molecule has 0 saturated carbocycles. The summed E-state index contributed by atoms with van der Waals surface area (Å²) in [4.78, 5) is 21.1. The summed E-state index contributed by atoms with van der Waals surface area (Å²) in [7, 11) is 0. The summed E-state index contributed by atoms with van der Waals surface area (Å²) in [5.74, 6) is -0.906. The van der Waals surface area contributed by atoms with Gasteiger partial charge >= 0.3 is 0 Å². The number of hydrogen-bond donors (Lipinski definition) is 2. The normalized spacial score (nSPS) is 11.9. The van der Waals surface area contributed by atoms with E-state index in [-0.39, 0.29) is 23.1 Å². The van der Waals surface area contributed by atoms with Crippen molar-refractivity contribution in [2.75, 3.05) is 0 Å². The van der Waals surface area contributed by atoms with Crippen LogP contribution in [0.4, 0.5) is 0 Å². The number of aliphatic hydroxyl groups is 1. The second-order valence-corrected chi connectivity index (χ2v) is 2.20. The number of allylic oxidation sites excluding steroid dienone is 2. The van der Waals surface area contributed by atoms with Crippen LogP contribution in [0.15, 0.2) is 11.5 Å². The van der Waals surface area contributed by atoms with E-state index in [0.29, 0.717) is 0 Å². The third-order valence-electron chi connectivity index (χ3n) is 1.01. The Balaban J connectivity index is 4.52. The predicted molar refractivity (Wildman–Crippen MR) is 39.8 cm³/mol. The molecule has 4 heteroatoms. The summed E-state index contributed by atoms with van der Waals surface area (Å²) in [5, 5.41) is 11.1. The van der Waals surface area contributed by atoms with Gasteiger partial charge in [0.15, 0.2) is 5.78 Å². The highest BCUT2D eigenvalue weighted by Crippen LogP contribution is 1.97. The zero-order valence-corrected chi connectivity index (χ0v) is 6.76. The van der Waals surface area contributed by atoms with Crippen LogP contribution in [0.3, 0.4) is 0 Å². The Hall–Kier alpha value is -1.32. The highest BCUT2D eigenvalue weighted by Gasteiger charge is 2.08. The molecule has 0 unspecified atom stereocenters. The lowest BCUT2D eigenvalue weighted by Gasteiger charge is -2.03. The van der Waals surface area contributed by atoms with Gasteiger partial charge in [-0.05, 0) is 6.92 Å².